The Balaban J connectivity index is 1.59. The molecule has 7 heteroatoms. The first kappa shape index (κ1) is 22.0. The summed E-state index contributed by atoms with van der Waals surface area (Å²) in [7, 11) is 3.51. The van der Waals surface area contributed by atoms with E-state index in [9.17, 15) is 4.79 Å². The monoisotopic (exact) mass is 427 g/mol. The van der Waals surface area contributed by atoms with Gasteiger partial charge in [0.2, 0.25) is 0 Å². The Labute approximate surface area is 183 Å². The Bertz CT molecular complexity index is 881. The summed E-state index contributed by atoms with van der Waals surface area (Å²) in [5, 5.41) is 7.64. The largest absolute Gasteiger partial charge is 0.369 e. The second-order valence-electron chi connectivity index (χ2n) is 7.65. The number of guanidine groups is 1. The van der Waals surface area contributed by atoms with E-state index in [-0.39, 0.29) is 5.91 Å². The highest BCUT2D eigenvalue weighted by atomic mass is 35.5. The molecule has 0 saturated carbocycles. The van der Waals surface area contributed by atoms with Crippen molar-refractivity contribution in [3.8, 4) is 0 Å². The number of anilines is 1. The van der Waals surface area contributed by atoms with Crippen molar-refractivity contribution in [2.24, 2.45) is 4.99 Å². The van der Waals surface area contributed by atoms with Crippen LogP contribution in [0.4, 0.5) is 5.69 Å². The van der Waals surface area contributed by atoms with Crippen molar-refractivity contribution in [3.05, 3.63) is 64.7 Å². The van der Waals surface area contributed by atoms with Gasteiger partial charge in [-0.1, -0.05) is 29.8 Å². The number of hydrogen-bond acceptors (Lipinski definition) is 3. The summed E-state index contributed by atoms with van der Waals surface area (Å²) in [4.78, 5) is 20.7. The van der Waals surface area contributed by atoms with Crippen LogP contribution in [0.25, 0.3) is 0 Å². The molecule has 0 aromatic heterocycles. The quantitative estimate of drug-likeness (QED) is 0.548. The molecule has 1 saturated heterocycles. The SMILES string of the molecule is CCNC(=NCc1ccc(C(=O)N(C)C)cc1)NC1CCN(c2cccc(Cl)c2)C1. The Morgan fingerprint density at radius 3 is 2.67 bits per heavy atom. The van der Waals surface area contributed by atoms with Crippen molar-refractivity contribution >= 4 is 29.2 Å². The van der Waals surface area contributed by atoms with Gasteiger partial charge in [0.25, 0.3) is 5.91 Å². The van der Waals surface area contributed by atoms with Crippen LogP contribution in [0.15, 0.2) is 53.5 Å². The summed E-state index contributed by atoms with van der Waals surface area (Å²) in [6, 6.07) is 15.9. The number of nitrogens with one attached hydrogen (secondary N) is 2. The highest BCUT2D eigenvalue weighted by Crippen LogP contribution is 2.23. The van der Waals surface area contributed by atoms with Crippen molar-refractivity contribution in [2.75, 3.05) is 38.6 Å². The summed E-state index contributed by atoms with van der Waals surface area (Å²) < 4.78 is 0. The van der Waals surface area contributed by atoms with E-state index in [0.29, 0.717) is 18.2 Å². The predicted molar refractivity (Wildman–Crippen MR) is 124 cm³/mol. The van der Waals surface area contributed by atoms with Crippen LogP contribution in [-0.4, -0.2) is 56.5 Å². The van der Waals surface area contributed by atoms with Gasteiger partial charge in [0.15, 0.2) is 5.96 Å². The standard InChI is InChI=1S/C23H30ClN5O/c1-4-25-23(26-15-17-8-10-18(11-9-17)22(30)28(2)3)27-20-12-13-29(16-20)21-7-5-6-19(24)14-21/h5-11,14,20H,4,12-13,15-16H2,1-3H3,(H2,25,26,27). The van der Waals surface area contributed by atoms with Crippen LogP contribution in [0.5, 0.6) is 0 Å². The lowest BCUT2D eigenvalue weighted by molar-refractivity contribution is 0.0827. The molecule has 1 amide bonds. The number of carbonyl (C=O) groups excluding carboxylic acids is 1. The lowest BCUT2D eigenvalue weighted by Crippen LogP contribution is -2.44. The highest BCUT2D eigenvalue weighted by molar-refractivity contribution is 6.30. The topological polar surface area (TPSA) is 60.0 Å². The minimum Gasteiger partial charge on any atom is -0.369 e. The van der Waals surface area contributed by atoms with Gasteiger partial charge < -0.3 is 20.4 Å². The molecule has 0 radical (unpaired) electrons. The number of rotatable bonds is 6. The third-order valence-corrected chi connectivity index (χ3v) is 5.31. The molecule has 0 bridgehead atoms. The second-order valence-corrected chi connectivity index (χ2v) is 8.08. The number of halogens is 1. The Kier molecular flexibility index (Phi) is 7.57. The molecule has 2 aromatic rings. The Hall–Kier alpha value is -2.73. The highest BCUT2D eigenvalue weighted by Gasteiger charge is 2.23. The molecule has 0 aliphatic carbocycles. The minimum absolute atomic E-state index is 0.00514. The van der Waals surface area contributed by atoms with Gasteiger partial charge in [-0.3, -0.25) is 4.79 Å². The first-order valence-electron chi connectivity index (χ1n) is 10.3. The van der Waals surface area contributed by atoms with Gasteiger partial charge in [-0.05, 0) is 49.2 Å². The summed E-state index contributed by atoms with van der Waals surface area (Å²) in [6.07, 6.45) is 1.04. The lowest BCUT2D eigenvalue weighted by Gasteiger charge is -2.20. The van der Waals surface area contributed by atoms with E-state index in [4.69, 9.17) is 16.6 Å². The first-order chi connectivity index (χ1) is 14.5. The fourth-order valence-electron chi connectivity index (χ4n) is 3.48. The zero-order valence-electron chi connectivity index (χ0n) is 17.9. The smallest absolute Gasteiger partial charge is 0.253 e. The zero-order valence-corrected chi connectivity index (χ0v) is 18.6. The fourth-order valence-corrected chi connectivity index (χ4v) is 3.66. The van der Waals surface area contributed by atoms with Gasteiger partial charge in [0.1, 0.15) is 0 Å². The van der Waals surface area contributed by atoms with E-state index in [2.05, 4.69) is 28.5 Å². The molecular formula is C23H30ClN5O. The molecule has 1 fully saturated rings. The van der Waals surface area contributed by atoms with Gasteiger partial charge in [0, 0.05) is 56.0 Å². The molecule has 1 atom stereocenters. The van der Waals surface area contributed by atoms with Gasteiger partial charge in [-0.15, -0.1) is 0 Å². The fraction of sp³-hybridized carbons (Fsp3) is 0.391. The molecule has 0 spiro atoms. The zero-order chi connectivity index (χ0) is 21.5. The number of carbonyl (C=O) groups is 1. The van der Waals surface area contributed by atoms with E-state index < -0.39 is 0 Å². The predicted octanol–water partition coefficient (Wildman–Crippen LogP) is 3.38. The van der Waals surface area contributed by atoms with E-state index in [1.165, 1.54) is 0 Å². The maximum atomic E-state index is 12.0. The van der Waals surface area contributed by atoms with Crippen LogP contribution in [0, 0.1) is 0 Å². The number of nitrogens with zero attached hydrogens (tertiary/aromatic N) is 3. The van der Waals surface area contributed by atoms with E-state index >= 15 is 0 Å². The summed E-state index contributed by atoms with van der Waals surface area (Å²) >= 11 is 6.13. The molecule has 1 aliphatic heterocycles. The molecule has 2 aromatic carbocycles. The van der Waals surface area contributed by atoms with Gasteiger partial charge in [0.05, 0.1) is 6.54 Å². The molecule has 160 valence electrons. The summed E-state index contributed by atoms with van der Waals surface area (Å²) in [6.45, 7) is 5.31. The Morgan fingerprint density at radius 1 is 1.23 bits per heavy atom. The number of amides is 1. The van der Waals surface area contributed by atoms with Crippen molar-refractivity contribution in [1.82, 2.24) is 15.5 Å². The van der Waals surface area contributed by atoms with Crippen LogP contribution in [-0.2, 0) is 6.54 Å². The number of benzene rings is 2. The second kappa shape index (κ2) is 10.3. The summed E-state index contributed by atoms with van der Waals surface area (Å²) in [5.74, 6) is 0.814. The first-order valence-corrected chi connectivity index (χ1v) is 10.7. The van der Waals surface area contributed by atoms with Gasteiger partial charge in [-0.2, -0.15) is 0 Å². The van der Waals surface area contributed by atoms with E-state index in [1.54, 1.807) is 19.0 Å². The Morgan fingerprint density at radius 2 is 2.00 bits per heavy atom. The molecular weight excluding hydrogens is 398 g/mol. The molecule has 1 heterocycles. The normalized spacial score (nSPS) is 16.5. The van der Waals surface area contributed by atoms with Crippen LogP contribution < -0.4 is 15.5 Å². The maximum Gasteiger partial charge on any atom is 0.253 e. The van der Waals surface area contributed by atoms with Crippen molar-refractivity contribution in [2.45, 2.75) is 25.9 Å². The molecule has 30 heavy (non-hydrogen) atoms. The molecule has 1 unspecified atom stereocenters. The third kappa shape index (κ3) is 5.89. The number of hydrogen-bond donors (Lipinski definition) is 2. The van der Waals surface area contributed by atoms with Crippen LogP contribution in [0.1, 0.15) is 29.3 Å². The van der Waals surface area contributed by atoms with Crippen LogP contribution >= 0.6 is 11.6 Å². The van der Waals surface area contributed by atoms with Crippen LogP contribution in [0.3, 0.4) is 0 Å². The lowest BCUT2D eigenvalue weighted by atomic mass is 10.1. The molecule has 1 aliphatic rings. The molecule has 2 N–H and O–H groups in total. The van der Waals surface area contributed by atoms with E-state index in [0.717, 1.165) is 48.3 Å². The van der Waals surface area contributed by atoms with Gasteiger partial charge in [-0.25, -0.2) is 4.99 Å². The van der Waals surface area contributed by atoms with Crippen molar-refractivity contribution in [1.29, 1.82) is 0 Å². The minimum atomic E-state index is 0.00514. The molecule has 3 rings (SSSR count). The van der Waals surface area contributed by atoms with Crippen molar-refractivity contribution in [3.63, 3.8) is 0 Å². The summed E-state index contributed by atoms with van der Waals surface area (Å²) in [5.41, 5.74) is 2.90. The maximum absolute atomic E-state index is 12.0. The van der Waals surface area contributed by atoms with Crippen LogP contribution in [0.2, 0.25) is 5.02 Å². The molecule has 6 nitrogen and oxygen atoms in total. The third-order valence-electron chi connectivity index (χ3n) is 5.07. The number of aliphatic imine (C=N–C) groups is 1. The average molecular weight is 428 g/mol. The van der Waals surface area contributed by atoms with Gasteiger partial charge >= 0.3 is 0 Å². The van der Waals surface area contributed by atoms with E-state index in [1.807, 2.05) is 42.5 Å². The average Bonchev–Trinajstić information content (AvgIpc) is 3.20. The van der Waals surface area contributed by atoms with Crippen molar-refractivity contribution < 1.29 is 4.79 Å².